The second-order valence-electron chi connectivity index (χ2n) is 8.50. The van der Waals surface area contributed by atoms with Crippen molar-refractivity contribution in [3.63, 3.8) is 0 Å². The topological polar surface area (TPSA) is 32.8 Å². The van der Waals surface area contributed by atoms with E-state index in [4.69, 9.17) is 4.74 Å². The van der Waals surface area contributed by atoms with Crippen molar-refractivity contribution in [1.82, 2.24) is 9.80 Å². The van der Waals surface area contributed by atoms with Crippen LogP contribution in [0.4, 0.5) is 4.79 Å². The van der Waals surface area contributed by atoms with Gasteiger partial charge in [-0.1, -0.05) is 6.92 Å². The minimum absolute atomic E-state index is 0.145. The molecule has 0 N–H and O–H groups in total. The number of piperidine rings is 1. The van der Waals surface area contributed by atoms with Crippen molar-refractivity contribution in [3.05, 3.63) is 0 Å². The van der Waals surface area contributed by atoms with Crippen LogP contribution in [0.3, 0.4) is 0 Å². The van der Waals surface area contributed by atoms with Crippen molar-refractivity contribution in [2.24, 2.45) is 5.41 Å². The van der Waals surface area contributed by atoms with Crippen LogP contribution in [0.25, 0.3) is 0 Å². The Bertz CT molecular complexity index is 392. The van der Waals surface area contributed by atoms with Crippen LogP contribution in [0.2, 0.25) is 0 Å². The van der Waals surface area contributed by atoms with E-state index in [0.717, 1.165) is 25.9 Å². The first kappa shape index (κ1) is 17.6. The Morgan fingerprint density at radius 3 is 2.27 bits per heavy atom. The maximum Gasteiger partial charge on any atom is 0.410 e. The monoisotopic (exact) mass is 310 g/mol. The molecule has 2 fully saturated rings. The maximum atomic E-state index is 12.2. The quantitative estimate of drug-likeness (QED) is 0.775. The van der Waals surface area contributed by atoms with Gasteiger partial charge < -0.3 is 9.64 Å². The van der Waals surface area contributed by atoms with Crippen molar-refractivity contribution in [3.8, 4) is 0 Å². The van der Waals surface area contributed by atoms with Gasteiger partial charge in [-0.05, 0) is 65.7 Å². The van der Waals surface area contributed by atoms with E-state index in [9.17, 15) is 4.79 Å². The molecular formula is C18H34N2O2. The number of nitrogens with zero attached hydrogens (tertiary/aromatic N) is 2. The van der Waals surface area contributed by atoms with E-state index in [1.165, 1.54) is 19.4 Å². The van der Waals surface area contributed by atoms with E-state index in [1.807, 2.05) is 25.7 Å². The van der Waals surface area contributed by atoms with Gasteiger partial charge in [0.05, 0.1) is 0 Å². The summed E-state index contributed by atoms with van der Waals surface area (Å²) in [5, 5.41) is 0. The van der Waals surface area contributed by atoms with Crippen molar-refractivity contribution >= 4 is 6.09 Å². The number of ether oxygens (including phenoxy) is 1. The van der Waals surface area contributed by atoms with Crippen molar-refractivity contribution in [2.45, 2.75) is 84.9 Å². The lowest BCUT2D eigenvalue weighted by Gasteiger charge is -2.40. The van der Waals surface area contributed by atoms with Crippen LogP contribution in [0.1, 0.15) is 67.2 Å². The molecule has 1 spiro atoms. The number of hydrogen-bond donors (Lipinski definition) is 0. The molecule has 4 heteroatoms. The second kappa shape index (κ2) is 6.38. The Labute approximate surface area is 136 Å². The Hall–Kier alpha value is -0.770. The molecule has 2 aliphatic rings. The van der Waals surface area contributed by atoms with Gasteiger partial charge >= 0.3 is 6.09 Å². The smallest absolute Gasteiger partial charge is 0.410 e. The second-order valence-corrected chi connectivity index (χ2v) is 8.50. The van der Waals surface area contributed by atoms with Crippen LogP contribution < -0.4 is 0 Å². The maximum absolute atomic E-state index is 12.2. The summed E-state index contributed by atoms with van der Waals surface area (Å²) in [4.78, 5) is 16.8. The Balaban J connectivity index is 1.93. The van der Waals surface area contributed by atoms with Crippen molar-refractivity contribution in [1.29, 1.82) is 0 Å². The molecule has 128 valence electrons. The molecule has 2 heterocycles. The lowest BCUT2D eigenvalue weighted by molar-refractivity contribution is 0.0106. The third-order valence-electron chi connectivity index (χ3n) is 5.27. The number of rotatable bonds is 2. The van der Waals surface area contributed by atoms with Gasteiger partial charge in [-0.3, -0.25) is 4.90 Å². The van der Waals surface area contributed by atoms with Crippen molar-refractivity contribution < 1.29 is 9.53 Å². The standard InChI is InChI=1S/C18H34N2O2/c1-7-15-12-18(13-20(15)14(2)3)8-10-19(11-9-18)16(21)22-17(4,5)6/h14-15H,7-13H2,1-6H3. The van der Waals surface area contributed by atoms with E-state index in [0.29, 0.717) is 17.5 Å². The molecule has 2 rings (SSSR count). The molecule has 0 radical (unpaired) electrons. The molecule has 0 aliphatic carbocycles. The summed E-state index contributed by atoms with van der Waals surface area (Å²) in [5.41, 5.74) is 0.0186. The van der Waals surface area contributed by atoms with Crippen LogP contribution in [0.5, 0.6) is 0 Å². The summed E-state index contributed by atoms with van der Waals surface area (Å²) >= 11 is 0. The number of carbonyl (C=O) groups excluding carboxylic acids is 1. The molecule has 0 aromatic carbocycles. The number of amides is 1. The molecule has 1 unspecified atom stereocenters. The van der Waals surface area contributed by atoms with Crippen molar-refractivity contribution in [2.75, 3.05) is 19.6 Å². The van der Waals surface area contributed by atoms with Gasteiger partial charge in [-0.15, -0.1) is 0 Å². The zero-order valence-corrected chi connectivity index (χ0v) is 15.3. The highest BCUT2D eigenvalue weighted by molar-refractivity contribution is 5.68. The SMILES string of the molecule is CCC1CC2(CCN(C(=O)OC(C)(C)C)CC2)CN1C(C)C. The summed E-state index contributed by atoms with van der Waals surface area (Å²) in [6, 6.07) is 1.33. The highest BCUT2D eigenvalue weighted by Gasteiger charge is 2.46. The Kier molecular flexibility index (Phi) is 5.10. The molecule has 4 nitrogen and oxygen atoms in total. The average Bonchev–Trinajstić information content (AvgIpc) is 2.76. The number of carbonyl (C=O) groups is 1. The van der Waals surface area contributed by atoms with Gasteiger partial charge in [0.2, 0.25) is 0 Å². The minimum atomic E-state index is -0.401. The van der Waals surface area contributed by atoms with E-state index in [1.54, 1.807) is 0 Å². The van der Waals surface area contributed by atoms with Crippen LogP contribution in [0.15, 0.2) is 0 Å². The third-order valence-corrected chi connectivity index (χ3v) is 5.27. The van der Waals surface area contributed by atoms with Crippen LogP contribution in [0, 0.1) is 5.41 Å². The first-order valence-corrected chi connectivity index (χ1v) is 8.89. The average molecular weight is 310 g/mol. The van der Waals surface area contributed by atoms with Gasteiger partial charge in [0, 0.05) is 31.7 Å². The Morgan fingerprint density at radius 1 is 1.27 bits per heavy atom. The number of likely N-dealkylation sites (tertiary alicyclic amines) is 2. The fourth-order valence-corrected chi connectivity index (χ4v) is 4.03. The summed E-state index contributed by atoms with van der Waals surface area (Å²) in [6.07, 6.45) is 4.62. The predicted molar refractivity (Wildman–Crippen MR) is 90.0 cm³/mol. The zero-order valence-electron chi connectivity index (χ0n) is 15.3. The largest absolute Gasteiger partial charge is 0.444 e. The first-order valence-electron chi connectivity index (χ1n) is 8.89. The highest BCUT2D eigenvalue weighted by atomic mass is 16.6. The molecule has 1 amide bonds. The molecule has 2 aliphatic heterocycles. The predicted octanol–water partition coefficient (Wildman–Crippen LogP) is 3.90. The molecule has 1 atom stereocenters. The van der Waals surface area contributed by atoms with Gasteiger partial charge in [0.1, 0.15) is 5.60 Å². The molecule has 0 bridgehead atoms. The fraction of sp³-hybridized carbons (Fsp3) is 0.944. The molecule has 0 aromatic heterocycles. The lowest BCUT2D eigenvalue weighted by Crippen LogP contribution is -2.46. The van der Waals surface area contributed by atoms with E-state index >= 15 is 0 Å². The summed E-state index contributed by atoms with van der Waals surface area (Å²) in [7, 11) is 0. The molecule has 0 saturated carbocycles. The molecule has 2 saturated heterocycles. The van der Waals surface area contributed by atoms with Gasteiger partial charge in [-0.2, -0.15) is 0 Å². The molecule has 0 aromatic rings. The lowest BCUT2D eigenvalue weighted by atomic mass is 9.76. The Morgan fingerprint density at radius 2 is 1.86 bits per heavy atom. The zero-order chi connectivity index (χ0) is 16.5. The van der Waals surface area contributed by atoms with E-state index in [-0.39, 0.29) is 6.09 Å². The van der Waals surface area contributed by atoms with Gasteiger partial charge in [0.25, 0.3) is 0 Å². The van der Waals surface area contributed by atoms with Gasteiger partial charge in [0.15, 0.2) is 0 Å². The third kappa shape index (κ3) is 3.95. The molecular weight excluding hydrogens is 276 g/mol. The summed E-state index contributed by atoms with van der Waals surface area (Å²) < 4.78 is 5.51. The van der Waals surface area contributed by atoms with Gasteiger partial charge in [-0.25, -0.2) is 4.79 Å². The highest BCUT2D eigenvalue weighted by Crippen LogP contribution is 2.45. The minimum Gasteiger partial charge on any atom is -0.444 e. The van der Waals surface area contributed by atoms with E-state index in [2.05, 4.69) is 25.7 Å². The summed E-state index contributed by atoms with van der Waals surface area (Å²) in [6.45, 7) is 15.6. The van der Waals surface area contributed by atoms with Crippen LogP contribution in [-0.4, -0.2) is 53.2 Å². The van der Waals surface area contributed by atoms with Crippen LogP contribution >= 0.6 is 0 Å². The first-order chi connectivity index (χ1) is 10.2. The molecule has 22 heavy (non-hydrogen) atoms. The van der Waals surface area contributed by atoms with E-state index < -0.39 is 5.60 Å². The normalized spacial score (nSPS) is 26.0. The summed E-state index contributed by atoms with van der Waals surface area (Å²) in [5.74, 6) is 0. The fourth-order valence-electron chi connectivity index (χ4n) is 4.03. The van der Waals surface area contributed by atoms with Crippen LogP contribution in [-0.2, 0) is 4.74 Å². The number of hydrogen-bond acceptors (Lipinski definition) is 3.